The van der Waals surface area contributed by atoms with Crippen LogP contribution >= 0.6 is 0 Å². The zero-order chi connectivity index (χ0) is 19.5. The molecule has 5 nitrogen and oxygen atoms in total. The molecule has 0 unspecified atom stereocenters. The van der Waals surface area contributed by atoms with E-state index >= 15 is 0 Å². The highest BCUT2D eigenvalue weighted by atomic mass is 32.2. The van der Waals surface area contributed by atoms with Gasteiger partial charge in [0.2, 0.25) is 10.0 Å². The molecule has 1 aliphatic heterocycles. The fourth-order valence-corrected chi connectivity index (χ4v) is 5.44. The molecule has 1 aliphatic carbocycles. The summed E-state index contributed by atoms with van der Waals surface area (Å²) >= 11 is 0. The average molecular weight is 406 g/mol. The predicted molar refractivity (Wildman–Crippen MR) is 94.8 cm³/mol. The first-order valence-electron chi connectivity index (χ1n) is 9.23. The molecule has 0 spiro atoms. The van der Waals surface area contributed by atoms with Crippen molar-refractivity contribution < 1.29 is 26.3 Å². The van der Waals surface area contributed by atoms with Crippen LogP contribution in [0.25, 0.3) is 0 Å². The third kappa shape index (κ3) is 4.64. The lowest BCUT2D eigenvalue weighted by Crippen LogP contribution is -2.59. The second-order valence-electron chi connectivity index (χ2n) is 7.20. The smallest absolute Gasteiger partial charge is 0.379 e. The Kier molecular flexibility index (Phi) is 6.14. The number of nitrogens with zero attached hydrogens (tertiary/aromatic N) is 1. The largest absolute Gasteiger partial charge is 0.417 e. The van der Waals surface area contributed by atoms with Crippen molar-refractivity contribution in [1.82, 2.24) is 9.62 Å². The Morgan fingerprint density at radius 3 is 2.33 bits per heavy atom. The van der Waals surface area contributed by atoms with Crippen molar-refractivity contribution in [1.29, 1.82) is 0 Å². The first kappa shape index (κ1) is 20.6. The number of hydrogen-bond acceptors (Lipinski definition) is 4. The molecule has 0 amide bonds. The standard InChI is InChI=1S/C18H25F3N2O3S/c19-18(20,21)15-6-2-3-7-16(15)27(24,25)22-14-17(8-4-1-5-9-17)23-10-12-26-13-11-23/h2-3,6-7,22H,1,4-5,8-14H2. The van der Waals surface area contributed by atoms with Crippen molar-refractivity contribution >= 4 is 10.0 Å². The van der Waals surface area contributed by atoms with E-state index in [1.165, 1.54) is 12.1 Å². The SMILES string of the molecule is O=S(=O)(NCC1(N2CCOCC2)CCCCC1)c1ccccc1C(F)(F)F. The van der Waals surface area contributed by atoms with Gasteiger partial charge in [0.15, 0.2) is 0 Å². The molecule has 1 saturated heterocycles. The number of alkyl halides is 3. The van der Waals surface area contributed by atoms with Gasteiger partial charge in [-0.05, 0) is 25.0 Å². The molecule has 3 rings (SSSR count). The van der Waals surface area contributed by atoms with Crippen LogP contribution in [0.5, 0.6) is 0 Å². The minimum absolute atomic E-state index is 0.113. The van der Waals surface area contributed by atoms with Gasteiger partial charge in [0.1, 0.15) is 0 Å². The van der Waals surface area contributed by atoms with E-state index in [1.54, 1.807) is 0 Å². The van der Waals surface area contributed by atoms with Crippen molar-refractivity contribution in [3.63, 3.8) is 0 Å². The molecular weight excluding hydrogens is 381 g/mol. The Labute approximate surface area is 157 Å². The van der Waals surface area contributed by atoms with Crippen LogP contribution in [0, 0.1) is 0 Å². The highest BCUT2D eigenvalue weighted by Crippen LogP contribution is 2.36. The molecular formula is C18H25F3N2O3S. The van der Waals surface area contributed by atoms with E-state index < -0.39 is 26.7 Å². The van der Waals surface area contributed by atoms with Gasteiger partial charge >= 0.3 is 6.18 Å². The van der Waals surface area contributed by atoms with Crippen LogP contribution < -0.4 is 4.72 Å². The number of hydrogen-bond donors (Lipinski definition) is 1. The molecule has 1 aromatic rings. The Bertz CT molecular complexity index is 740. The number of benzene rings is 1. The van der Waals surface area contributed by atoms with Crippen LogP contribution in [0.1, 0.15) is 37.7 Å². The number of morpholine rings is 1. The summed E-state index contributed by atoms with van der Waals surface area (Å²) < 4.78 is 73.0. The van der Waals surface area contributed by atoms with Gasteiger partial charge in [0, 0.05) is 25.2 Å². The van der Waals surface area contributed by atoms with Crippen LogP contribution in [-0.2, 0) is 20.9 Å². The number of halogens is 3. The summed E-state index contributed by atoms with van der Waals surface area (Å²) in [5, 5.41) is 0. The topological polar surface area (TPSA) is 58.6 Å². The number of sulfonamides is 1. The Balaban J connectivity index is 1.83. The predicted octanol–water partition coefficient (Wildman–Crippen LogP) is 3.02. The molecule has 0 atom stereocenters. The van der Waals surface area contributed by atoms with Crippen LogP contribution in [0.3, 0.4) is 0 Å². The minimum atomic E-state index is -4.72. The summed E-state index contributed by atoms with van der Waals surface area (Å²) in [4.78, 5) is 1.53. The minimum Gasteiger partial charge on any atom is -0.379 e. The molecule has 1 heterocycles. The maximum absolute atomic E-state index is 13.2. The number of nitrogens with one attached hydrogen (secondary N) is 1. The van der Waals surface area contributed by atoms with Gasteiger partial charge in [0.25, 0.3) is 0 Å². The summed E-state index contributed by atoms with van der Waals surface area (Å²) in [5.74, 6) is 0. The molecule has 1 N–H and O–H groups in total. The Morgan fingerprint density at radius 1 is 1.07 bits per heavy atom. The van der Waals surface area contributed by atoms with E-state index in [0.29, 0.717) is 26.3 Å². The average Bonchev–Trinajstić information content (AvgIpc) is 2.67. The fourth-order valence-electron chi connectivity index (χ4n) is 4.09. The van der Waals surface area contributed by atoms with Gasteiger partial charge in [0.05, 0.1) is 23.7 Å². The lowest BCUT2D eigenvalue weighted by Gasteiger charge is -2.48. The van der Waals surface area contributed by atoms with Crippen molar-refractivity contribution in [3.05, 3.63) is 29.8 Å². The molecule has 1 saturated carbocycles. The number of ether oxygens (including phenoxy) is 1. The molecule has 27 heavy (non-hydrogen) atoms. The molecule has 1 aromatic carbocycles. The van der Waals surface area contributed by atoms with E-state index in [-0.39, 0.29) is 12.1 Å². The normalized spacial score (nSPS) is 21.9. The molecule has 0 radical (unpaired) electrons. The Morgan fingerprint density at radius 2 is 1.70 bits per heavy atom. The summed E-state index contributed by atoms with van der Waals surface area (Å²) in [6.45, 7) is 2.71. The van der Waals surface area contributed by atoms with Gasteiger partial charge < -0.3 is 4.74 Å². The summed E-state index contributed by atoms with van der Waals surface area (Å²) in [6.07, 6.45) is -0.00283. The van der Waals surface area contributed by atoms with E-state index in [9.17, 15) is 21.6 Å². The van der Waals surface area contributed by atoms with Crippen LogP contribution in [0.15, 0.2) is 29.2 Å². The molecule has 2 fully saturated rings. The van der Waals surface area contributed by atoms with Crippen LogP contribution in [-0.4, -0.2) is 51.7 Å². The third-order valence-electron chi connectivity index (χ3n) is 5.54. The summed E-state index contributed by atoms with van der Waals surface area (Å²) in [5.41, 5.74) is -1.50. The molecule has 0 aromatic heterocycles. The molecule has 9 heteroatoms. The maximum Gasteiger partial charge on any atom is 0.417 e. The van der Waals surface area contributed by atoms with E-state index in [2.05, 4.69) is 9.62 Å². The van der Waals surface area contributed by atoms with E-state index in [4.69, 9.17) is 4.74 Å². The zero-order valence-corrected chi connectivity index (χ0v) is 15.9. The van der Waals surface area contributed by atoms with Gasteiger partial charge in [-0.15, -0.1) is 0 Å². The first-order chi connectivity index (χ1) is 12.7. The lowest BCUT2D eigenvalue weighted by molar-refractivity contribution is -0.139. The van der Waals surface area contributed by atoms with Gasteiger partial charge in [-0.25, -0.2) is 13.1 Å². The zero-order valence-electron chi connectivity index (χ0n) is 15.1. The Hall–Kier alpha value is -1.16. The second-order valence-corrected chi connectivity index (χ2v) is 8.94. The third-order valence-corrected chi connectivity index (χ3v) is 7.00. The molecule has 0 bridgehead atoms. The highest BCUT2D eigenvalue weighted by molar-refractivity contribution is 7.89. The monoisotopic (exact) mass is 406 g/mol. The van der Waals surface area contributed by atoms with Crippen molar-refractivity contribution in [2.75, 3.05) is 32.8 Å². The second kappa shape index (κ2) is 8.06. The lowest BCUT2D eigenvalue weighted by atomic mass is 9.80. The maximum atomic E-state index is 13.2. The quantitative estimate of drug-likeness (QED) is 0.817. The van der Waals surface area contributed by atoms with Crippen LogP contribution in [0.4, 0.5) is 13.2 Å². The van der Waals surface area contributed by atoms with Gasteiger partial charge in [-0.1, -0.05) is 31.4 Å². The van der Waals surface area contributed by atoms with Crippen molar-refractivity contribution in [2.24, 2.45) is 0 Å². The van der Waals surface area contributed by atoms with Crippen molar-refractivity contribution in [2.45, 2.75) is 48.7 Å². The molecule has 152 valence electrons. The van der Waals surface area contributed by atoms with Crippen LogP contribution in [0.2, 0.25) is 0 Å². The van der Waals surface area contributed by atoms with Crippen molar-refractivity contribution in [3.8, 4) is 0 Å². The van der Waals surface area contributed by atoms with Gasteiger partial charge in [-0.2, -0.15) is 13.2 Å². The highest BCUT2D eigenvalue weighted by Gasteiger charge is 2.41. The van der Waals surface area contributed by atoms with E-state index in [0.717, 1.165) is 44.2 Å². The summed E-state index contributed by atoms with van der Waals surface area (Å²) in [6, 6.07) is 4.31. The first-order valence-corrected chi connectivity index (χ1v) is 10.7. The fraction of sp³-hybridized carbons (Fsp3) is 0.667. The summed E-state index contributed by atoms with van der Waals surface area (Å²) in [7, 11) is -4.28. The van der Waals surface area contributed by atoms with E-state index in [1.807, 2.05) is 0 Å². The van der Waals surface area contributed by atoms with Gasteiger partial charge in [-0.3, -0.25) is 4.90 Å². The molecule has 2 aliphatic rings. The number of rotatable bonds is 5.